The molecule has 62 heavy (non-hydrogen) atoms. The number of aryl methyl sites for hydroxylation is 1. The van der Waals surface area contributed by atoms with E-state index < -0.39 is 20.9 Å². The first kappa shape index (κ1) is 47.1. The van der Waals surface area contributed by atoms with Crippen LogP contribution in [0.1, 0.15) is 47.2 Å². The molecular formula is C46H51Cl3N6O5S2. The monoisotopic (exact) mass is 936 g/mol. The van der Waals surface area contributed by atoms with Crippen molar-refractivity contribution in [1.82, 2.24) is 14.5 Å². The third kappa shape index (κ3) is 11.4. The number of nitrogens with zero attached hydrogens (tertiary/aromatic N) is 4. The largest absolute Gasteiger partial charge is 0.376 e. The minimum atomic E-state index is -4.44. The summed E-state index contributed by atoms with van der Waals surface area (Å²) in [5.41, 5.74) is 5.76. The number of likely N-dealkylation sites (tertiary alicyclic amines) is 1. The number of sulfonamides is 1. The molecule has 0 aromatic heterocycles. The molecule has 0 saturated carbocycles. The number of nitro groups is 1. The number of fused-ring (bicyclic) bond motifs is 3. The molecule has 0 unspecified atom stereocenters. The smallest absolute Gasteiger partial charge is 0.293 e. The molecule has 2 N–H and O–H groups in total. The topological polar surface area (TPSA) is 128 Å². The zero-order valence-electron chi connectivity index (χ0n) is 34.2. The first-order chi connectivity index (χ1) is 29.1. The Labute approximate surface area is 385 Å². The highest BCUT2D eigenvalue weighted by Gasteiger charge is 2.33. The Kier molecular flexibility index (Phi) is 16.2. The predicted octanol–water partition coefficient (Wildman–Crippen LogP) is 9.57. The Balaban J connectivity index is 0.00000321. The molecule has 0 bridgehead atoms. The number of amides is 1. The fourth-order valence-electron chi connectivity index (χ4n) is 8.63. The molecule has 8 rings (SSSR count). The number of thioether (sulfide) groups is 1. The van der Waals surface area contributed by atoms with Gasteiger partial charge in [-0.2, -0.15) is 0 Å². The van der Waals surface area contributed by atoms with Crippen molar-refractivity contribution in [3.63, 3.8) is 0 Å². The molecule has 11 nitrogen and oxygen atoms in total. The summed E-state index contributed by atoms with van der Waals surface area (Å²) in [6, 6.07) is 35.8. The summed E-state index contributed by atoms with van der Waals surface area (Å²) in [6.07, 6.45) is 4.77. The van der Waals surface area contributed by atoms with Crippen molar-refractivity contribution in [2.24, 2.45) is 0 Å². The van der Waals surface area contributed by atoms with E-state index in [9.17, 15) is 23.3 Å². The van der Waals surface area contributed by atoms with Gasteiger partial charge in [-0.05, 0) is 122 Å². The van der Waals surface area contributed by atoms with Crippen molar-refractivity contribution in [1.29, 1.82) is 0 Å². The fraction of sp³-hybridized carbons (Fsp3) is 0.326. The van der Waals surface area contributed by atoms with Crippen molar-refractivity contribution in [3.05, 3.63) is 147 Å². The van der Waals surface area contributed by atoms with Crippen molar-refractivity contribution in [3.8, 4) is 11.1 Å². The average Bonchev–Trinajstić information content (AvgIpc) is 3.79. The van der Waals surface area contributed by atoms with E-state index >= 15 is 0 Å². The molecule has 2 saturated heterocycles. The Morgan fingerprint density at radius 1 is 0.871 bits per heavy atom. The average molecular weight is 938 g/mol. The lowest BCUT2D eigenvalue weighted by Gasteiger charge is -2.46. The van der Waals surface area contributed by atoms with Crippen LogP contribution in [-0.4, -0.2) is 86.2 Å². The van der Waals surface area contributed by atoms with E-state index in [-0.39, 0.29) is 52.7 Å². The minimum Gasteiger partial charge on any atom is -0.376 e. The fourth-order valence-corrected chi connectivity index (χ4v) is 10.7. The number of hydrogen-bond acceptors (Lipinski definition) is 10. The lowest BCUT2D eigenvalue weighted by Crippen LogP contribution is -2.54. The van der Waals surface area contributed by atoms with Crippen LogP contribution in [0.4, 0.5) is 17.1 Å². The van der Waals surface area contributed by atoms with Gasteiger partial charge in [0.1, 0.15) is 5.69 Å². The number of rotatable bonds is 15. The molecule has 2 fully saturated rings. The lowest BCUT2D eigenvalue weighted by molar-refractivity contribution is -0.384. The van der Waals surface area contributed by atoms with Crippen LogP contribution in [0.5, 0.6) is 0 Å². The second-order valence-corrected chi connectivity index (χ2v) is 19.0. The highest BCUT2D eigenvalue weighted by molar-refractivity contribution is 7.99. The number of anilines is 2. The van der Waals surface area contributed by atoms with Crippen LogP contribution in [0.25, 0.3) is 11.1 Å². The van der Waals surface area contributed by atoms with Gasteiger partial charge in [-0.3, -0.25) is 19.8 Å². The van der Waals surface area contributed by atoms with E-state index in [1.807, 2.05) is 48.5 Å². The second-order valence-electron chi connectivity index (χ2n) is 15.8. The van der Waals surface area contributed by atoms with E-state index in [1.165, 1.54) is 36.1 Å². The van der Waals surface area contributed by atoms with Gasteiger partial charge >= 0.3 is 0 Å². The Morgan fingerprint density at radius 3 is 2.37 bits per heavy atom. The maximum Gasteiger partial charge on any atom is 0.293 e. The molecule has 328 valence electrons. The number of nitrogens with one attached hydrogen (secondary N) is 2. The van der Waals surface area contributed by atoms with E-state index in [4.69, 9.17) is 11.6 Å². The van der Waals surface area contributed by atoms with Crippen LogP contribution in [0.15, 0.2) is 125 Å². The molecular weight excluding hydrogens is 887 g/mol. The first-order valence-electron chi connectivity index (χ1n) is 20.6. The summed E-state index contributed by atoms with van der Waals surface area (Å²) in [4.78, 5) is 33.3. The molecule has 1 amide bonds. The first-order valence-corrected chi connectivity index (χ1v) is 23.4. The highest BCUT2D eigenvalue weighted by Crippen LogP contribution is 2.35. The molecule has 2 atom stereocenters. The van der Waals surface area contributed by atoms with Crippen LogP contribution < -0.4 is 14.9 Å². The van der Waals surface area contributed by atoms with Gasteiger partial charge < -0.3 is 15.1 Å². The number of carbonyl (C=O) groups is 1. The number of benzene rings is 5. The quantitative estimate of drug-likeness (QED) is 0.0595. The summed E-state index contributed by atoms with van der Waals surface area (Å²) in [7, 11) is -4.44. The standard InChI is InChI=1S/C46H49ClN6O5S2.2ClH/c47-37-16-12-33(13-17-37)42-11-5-4-8-36(42)30-51-26-27-52-39(31-51)18-14-34-28-35(15-21-44(34)52)46(54)49-60(57,58)41-19-20-43(45(29-41)53(55)56)48-38(22-25-50-23-6-7-24-50)32-59-40-9-2-1-3-10-40;;/h1-5,8-13,15-17,19-21,28-29,38-39,48H,6-7,14,18,22-27,30-32H2,(H,49,54);2*1H/t38-,39-;;/m1../s1. The minimum absolute atomic E-state index is 0. The second kappa shape index (κ2) is 21.4. The number of piperazine rings is 1. The predicted molar refractivity (Wildman–Crippen MR) is 255 cm³/mol. The summed E-state index contributed by atoms with van der Waals surface area (Å²) < 4.78 is 29.3. The van der Waals surface area contributed by atoms with Gasteiger partial charge in [-0.15, -0.1) is 36.6 Å². The van der Waals surface area contributed by atoms with Gasteiger partial charge in [-0.1, -0.05) is 66.2 Å². The van der Waals surface area contributed by atoms with Crippen LogP contribution in [0, 0.1) is 10.1 Å². The Morgan fingerprint density at radius 2 is 1.61 bits per heavy atom. The maximum atomic E-state index is 13.6. The maximum absolute atomic E-state index is 13.6. The summed E-state index contributed by atoms with van der Waals surface area (Å²) in [5.74, 6) is -0.113. The van der Waals surface area contributed by atoms with Crippen molar-refractivity contribution in [2.45, 2.75) is 60.5 Å². The zero-order valence-corrected chi connectivity index (χ0v) is 38.2. The van der Waals surface area contributed by atoms with Crippen molar-refractivity contribution < 1.29 is 18.1 Å². The Bertz CT molecular complexity index is 2440. The molecule has 0 spiro atoms. The van der Waals surface area contributed by atoms with E-state index in [1.54, 1.807) is 23.9 Å². The van der Waals surface area contributed by atoms with Gasteiger partial charge in [0.2, 0.25) is 0 Å². The van der Waals surface area contributed by atoms with Gasteiger partial charge in [0.15, 0.2) is 0 Å². The summed E-state index contributed by atoms with van der Waals surface area (Å²) >= 11 is 7.83. The SMILES string of the molecule is Cl.Cl.O=C(NS(=O)(=O)c1ccc(N[C@H](CCN2CCCC2)CSc2ccccc2)c([N+](=O)[O-])c1)c1ccc2c(c1)CC[C@@H]1CN(Cc3ccccc3-c3ccc(Cl)cc3)CCN21. The molecule has 3 aliphatic rings. The van der Waals surface area contributed by atoms with Crippen molar-refractivity contribution in [2.75, 3.05) is 55.2 Å². The number of hydrogen-bond donors (Lipinski definition) is 2. The molecule has 0 radical (unpaired) electrons. The number of carbonyl (C=O) groups excluding carboxylic acids is 1. The van der Waals surface area contributed by atoms with Crippen LogP contribution in [0.2, 0.25) is 5.02 Å². The molecule has 5 aromatic carbocycles. The Hall–Kier alpha value is -4.34. The third-order valence-electron chi connectivity index (χ3n) is 11.8. The molecule has 0 aliphatic carbocycles. The van der Waals surface area contributed by atoms with Gasteiger partial charge in [-0.25, -0.2) is 13.1 Å². The summed E-state index contributed by atoms with van der Waals surface area (Å²) in [6.45, 7) is 6.39. The van der Waals surface area contributed by atoms with Gasteiger partial charge in [0.25, 0.3) is 21.6 Å². The molecule has 3 heterocycles. The van der Waals surface area contributed by atoms with Crippen LogP contribution in [-0.2, 0) is 23.0 Å². The number of nitro benzene ring substituents is 1. The third-order valence-corrected chi connectivity index (χ3v) is 14.5. The van der Waals surface area contributed by atoms with E-state index in [2.05, 4.69) is 61.1 Å². The number of halogens is 3. The van der Waals surface area contributed by atoms with E-state index in [0.29, 0.717) is 16.8 Å². The van der Waals surface area contributed by atoms with Gasteiger partial charge in [0, 0.05) is 77.8 Å². The molecule has 16 heteroatoms. The summed E-state index contributed by atoms with van der Waals surface area (Å²) in [5, 5.41) is 16.4. The zero-order chi connectivity index (χ0) is 41.6. The van der Waals surface area contributed by atoms with Crippen LogP contribution in [0.3, 0.4) is 0 Å². The van der Waals surface area contributed by atoms with Gasteiger partial charge in [0.05, 0.1) is 9.82 Å². The van der Waals surface area contributed by atoms with Crippen molar-refractivity contribution >= 4 is 81.2 Å². The molecule has 3 aliphatic heterocycles. The van der Waals surface area contributed by atoms with E-state index in [0.717, 1.165) is 92.9 Å². The normalized spacial score (nSPS) is 16.9. The molecule has 5 aromatic rings. The van der Waals surface area contributed by atoms with Crippen LogP contribution >= 0.6 is 48.2 Å². The lowest BCUT2D eigenvalue weighted by atomic mass is 9.92. The highest BCUT2D eigenvalue weighted by atomic mass is 35.5.